The molecule has 0 spiro atoms. The van der Waals surface area contributed by atoms with Crippen molar-refractivity contribution in [2.75, 3.05) is 16.8 Å². The predicted octanol–water partition coefficient (Wildman–Crippen LogP) is 4.24. The quantitative estimate of drug-likeness (QED) is 0.385. The fraction of sp³-hybridized carbons (Fsp3) is 0.222. The Morgan fingerprint density at radius 1 is 1.23 bits per heavy atom. The van der Waals surface area contributed by atoms with Crippen molar-refractivity contribution in [2.45, 2.75) is 19.4 Å². The molecule has 3 aromatic heterocycles. The molecule has 6 rings (SSSR count). The van der Waals surface area contributed by atoms with Gasteiger partial charge in [-0.2, -0.15) is 10.4 Å². The Labute approximate surface area is 227 Å². The van der Waals surface area contributed by atoms with Crippen LogP contribution in [0.3, 0.4) is 0 Å². The Kier molecular flexibility index (Phi) is 6.04. The van der Waals surface area contributed by atoms with Crippen molar-refractivity contribution in [1.29, 1.82) is 5.26 Å². The number of aromatic nitrogens is 5. The first-order valence-electron chi connectivity index (χ1n) is 12.2. The molecule has 1 saturated carbocycles. The summed E-state index contributed by atoms with van der Waals surface area (Å²) in [7, 11) is 0. The molecule has 2 fully saturated rings. The summed E-state index contributed by atoms with van der Waals surface area (Å²) in [5.74, 6) is 0.0427. The summed E-state index contributed by atoms with van der Waals surface area (Å²) in [5.41, 5.74) is 1.12. The summed E-state index contributed by atoms with van der Waals surface area (Å²) in [6.45, 7) is 2.67. The smallest absolute Gasteiger partial charge is 0.275 e. The highest BCUT2D eigenvalue weighted by molar-refractivity contribution is 6.31. The number of hydrogen-bond donors (Lipinski definition) is 1. The monoisotopic (exact) mass is 542 g/mol. The molecule has 1 aromatic carbocycles. The molecule has 1 aliphatic heterocycles. The summed E-state index contributed by atoms with van der Waals surface area (Å²) in [5, 5.41) is 16.3. The number of carbonyl (C=O) groups excluding carboxylic acids is 2. The Hall–Kier alpha value is -4.69. The lowest BCUT2D eigenvalue weighted by Crippen LogP contribution is -2.28. The molecule has 10 nitrogen and oxygen atoms in total. The van der Waals surface area contributed by atoms with E-state index >= 15 is 0 Å². The number of hydrogen-bond acceptors (Lipinski definition) is 7. The van der Waals surface area contributed by atoms with Gasteiger partial charge in [0.25, 0.3) is 5.91 Å². The van der Waals surface area contributed by atoms with Crippen LogP contribution in [-0.2, 0) is 4.79 Å². The van der Waals surface area contributed by atoms with Crippen LogP contribution in [0.5, 0.6) is 0 Å². The molecule has 39 heavy (non-hydrogen) atoms. The second kappa shape index (κ2) is 9.56. The Morgan fingerprint density at radius 2 is 2.08 bits per heavy atom. The van der Waals surface area contributed by atoms with Crippen LogP contribution in [-0.4, -0.2) is 43.1 Å². The Balaban J connectivity index is 1.16. The maximum Gasteiger partial charge on any atom is 0.275 e. The van der Waals surface area contributed by atoms with E-state index in [2.05, 4.69) is 25.4 Å². The van der Waals surface area contributed by atoms with Gasteiger partial charge in [-0.15, -0.1) is 0 Å². The average Bonchev–Trinajstić information content (AvgIpc) is 3.46. The van der Waals surface area contributed by atoms with E-state index in [1.54, 1.807) is 22.0 Å². The molecule has 2 amide bonds. The molecular formula is C27H20ClFN8O2. The van der Waals surface area contributed by atoms with Crippen LogP contribution in [0.2, 0.25) is 5.02 Å². The third-order valence-electron chi connectivity index (χ3n) is 7.05. The standard InChI is InChI=1S/C27H20ClFN8O2/c1-14(16-3-5-23(32-8-16)36-12-17-6-19(17)27(36)39)37-13-18(9-33-37)34-26(38)22-11-31-10-21(35-22)24-15(7-30)2-4-20(28)25(24)29/h2-5,8-11,13-14,17,19H,6,12H2,1H3,(H,34,38)/t14?,17-,19-/m1/s1. The van der Waals surface area contributed by atoms with Gasteiger partial charge in [0.05, 0.1) is 58.2 Å². The van der Waals surface area contributed by atoms with Gasteiger partial charge in [0.15, 0.2) is 5.82 Å². The highest BCUT2D eigenvalue weighted by Crippen LogP contribution is 2.47. The first-order chi connectivity index (χ1) is 18.8. The third kappa shape index (κ3) is 4.49. The first kappa shape index (κ1) is 24.6. The summed E-state index contributed by atoms with van der Waals surface area (Å²) >= 11 is 5.88. The maximum atomic E-state index is 14.7. The number of nitrogens with one attached hydrogen (secondary N) is 1. The zero-order chi connectivity index (χ0) is 27.3. The molecule has 4 aromatic rings. The Morgan fingerprint density at radius 3 is 2.79 bits per heavy atom. The number of carbonyl (C=O) groups is 2. The van der Waals surface area contributed by atoms with Gasteiger partial charge >= 0.3 is 0 Å². The van der Waals surface area contributed by atoms with E-state index in [4.69, 9.17) is 11.6 Å². The molecule has 12 heteroatoms. The second-order valence-electron chi connectivity index (χ2n) is 9.53. The lowest BCUT2D eigenvalue weighted by molar-refractivity contribution is -0.118. The van der Waals surface area contributed by atoms with Crippen LogP contribution in [0.4, 0.5) is 15.9 Å². The molecule has 1 N–H and O–H groups in total. The number of rotatable bonds is 6. The summed E-state index contributed by atoms with van der Waals surface area (Å²) in [6, 6.07) is 8.11. The lowest BCUT2D eigenvalue weighted by Gasteiger charge is -2.18. The minimum Gasteiger partial charge on any atom is -0.318 e. The van der Waals surface area contributed by atoms with Gasteiger partial charge in [-0.1, -0.05) is 17.7 Å². The van der Waals surface area contributed by atoms with E-state index in [0.29, 0.717) is 17.4 Å². The van der Waals surface area contributed by atoms with E-state index in [-0.39, 0.29) is 45.4 Å². The topological polar surface area (TPSA) is 130 Å². The van der Waals surface area contributed by atoms with Crippen LogP contribution in [0.15, 0.2) is 55.2 Å². The minimum atomic E-state index is -0.816. The Bertz CT molecular complexity index is 1670. The van der Waals surface area contributed by atoms with Crippen molar-refractivity contribution in [1.82, 2.24) is 24.7 Å². The van der Waals surface area contributed by atoms with Gasteiger partial charge < -0.3 is 5.32 Å². The van der Waals surface area contributed by atoms with E-state index in [9.17, 15) is 19.2 Å². The largest absolute Gasteiger partial charge is 0.318 e. The highest BCUT2D eigenvalue weighted by Gasteiger charge is 2.52. The van der Waals surface area contributed by atoms with Crippen molar-refractivity contribution in [2.24, 2.45) is 11.8 Å². The predicted molar refractivity (Wildman–Crippen MR) is 139 cm³/mol. The molecule has 1 aliphatic carbocycles. The van der Waals surface area contributed by atoms with Crippen molar-refractivity contribution >= 4 is 34.9 Å². The minimum absolute atomic E-state index is 0.00660. The second-order valence-corrected chi connectivity index (χ2v) is 9.93. The maximum absolute atomic E-state index is 14.7. The lowest BCUT2D eigenvalue weighted by atomic mass is 10.0. The zero-order valence-electron chi connectivity index (χ0n) is 20.5. The summed E-state index contributed by atoms with van der Waals surface area (Å²) in [4.78, 5) is 39.6. The van der Waals surface area contributed by atoms with Crippen molar-refractivity contribution in [3.05, 3.63) is 82.9 Å². The van der Waals surface area contributed by atoms with Gasteiger partial charge in [0.2, 0.25) is 5.91 Å². The van der Waals surface area contributed by atoms with Gasteiger partial charge in [-0.05, 0) is 43.0 Å². The van der Waals surface area contributed by atoms with E-state index in [1.807, 2.05) is 25.1 Å². The number of fused-ring (bicyclic) bond motifs is 1. The molecule has 3 atom stereocenters. The van der Waals surface area contributed by atoms with Crippen LogP contribution >= 0.6 is 11.6 Å². The number of piperidine rings is 1. The van der Waals surface area contributed by atoms with Crippen molar-refractivity contribution in [3.63, 3.8) is 0 Å². The van der Waals surface area contributed by atoms with Crippen LogP contribution in [0.1, 0.15) is 41.0 Å². The van der Waals surface area contributed by atoms with E-state index < -0.39 is 11.7 Å². The average molecular weight is 543 g/mol. The molecular weight excluding hydrogens is 523 g/mol. The number of benzene rings is 1. The molecule has 4 heterocycles. The number of nitriles is 1. The normalized spacial score (nSPS) is 18.4. The number of pyridine rings is 1. The van der Waals surface area contributed by atoms with Crippen molar-refractivity contribution < 1.29 is 14.0 Å². The van der Waals surface area contributed by atoms with Gasteiger partial charge in [-0.25, -0.2) is 14.4 Å². The van der Waals surface area contributed by atoms with E-state index in [0.717, 1.165) is 18.5 Å². The molecule has 1 unspecified atom stereocenters. The molecule has 2 aliphatic rings. The fourth-order valence-corrected chi connectivity index (χ4v) is 4.90. The highest BCUT2D eigenvalue weighted by atomic mass is 35.5. The van der Waals surface area contributed by atoms with Gasteiger partial charge in [-0.3, -0.25) is 24.2 Å². The molecule has 0 radical (unpaired) electrons. The van der Waals surface area contributed by atoms with E-state index in [1.165, 1.54) is 30.7 Å². The summed E-state index contributed by atoms with van der Waals surface area (Å²) in [6.07, 6.45) is 8.37. The number of anilines is 2. The zero-order valence-corrected chi connectivity index (χ0v) is 21.3. The number of nitrogens with zero attached hydrogens (tertiary/aromatic N) is 7. The van der Waals surface area contributed by atoms with Crippen LogP contribution in [0, 0.1) is 29.0 Å². The van der Waals surface area contributed by atoms with Crippen LogP contribution < -0.4 is 10.2 Å². The van der Waals surface area contributed by atoms with Crippen LogP contribution in [0.25, 0.3) is 11.3 Å². The molecule has 1 saturated heterocycles. The van der Waals surface area contributed by atoms with Gasteiger partial charge in [0.1, 0.15) is 11.5 Å². The number of halogens is 2. The van der Waals surface area contributed by atoms with Gasteiger partial charge in [0, 0.05) is 24.9 Å². The first-order valence-corrected chi connectivity index (χ1v) is 12.5. The third-order valence-corrected chi connectivity index (χ3v) is 7.34. The molecule has 194 valence electrons. The fourth-order valence-electron chi connectivity index (χ4n) is 4.74. The SMILES string of the molecule is CC(c1ccc(N2C[C@H]3C[C@H]3C2=O)nc1)n1cc(NC(=O)c2cncc(-c3c(C#N)ccc(Cl)c3F)n2)cn1. The molecule has 0 bridgehead atoms. The number of amides is 2. The van der Waals surface area contributed by atoms with Crippen molar-refractivity contribution in [3.8, 4) is 17.3 Å². The summed E-state index contributed by atoms with van der Waals surface area (Å²) < 4.78 is 16.4.